The molecule has 0 atom stereocenters. The largest absolute Gasteiger partial charge is 0.361 e. The lowest BCUT2D eigenvalue weighted by molar-refractivity contribution is 0.0782. The highest BCUT2D eigenvalue weighted by Crippen LogP contribution is 2.23. The Kier molecular flexibility index (Phi) is 3.78. The van der Waals surface area contributed by atoms with Crippen LogP contribution in [0.15, 0.2) is 28.8 Å². The van der Waals surface area contributed by atoms with Crippen molar-refractivity contribution in [1.82, 2.24) is 10.1 Å². The van der Waals surface area contributed by atoms with Crippen molar-refractivity contribution in [3.8, 4) is 0 Å². The van der Waals surface area contributed by atoms with Crippen molar-refractivity contribution in [2.45, 2.75) is 39.2 Å². The molecule has 1 aromatic heterocycles. The molecule has 0 fully saturated rings. The van der Waals surface area contributed by atoms with Gasteiger partial charge in [0.15, 0.2) is 0 Å². The highest BCUT2D eigenvalue weighted by atomic mass is 16.5. The van der Waals surface area contributed by atoms with Crippen LogP contribution >= 0.6 is 0 Å². The summed E-state index contributed by atoms with van der Waals surface area (Å²) in [5.41, 5.74) is 4.27. The smallest absolute Gasteiger partial charge is 0.253 e. The molecule has 0 saturated carbocycles. The third kappa shape index (κ3) is 2.99. The second-order valence-electron chi connectivity index (χ2n) is 5.78. The summed E-state index contributed by atoms with van der Waals surface area (Å²) in [6.45, 7) is 2.31. The van der Waals surface area contributed by atoms with Crippen LogP contribution in [0, 0.1) is 6.92 Å². The van der Waals surface area contributed by atoms with Gasteiger partial charge < -0.3 is 9.42 Å². The molecule has 0 radical (unpaired) electrons. The standard InChI is InChI=1S/C17H20N2O2/c1-12-9-16(18-21-12)11-19(2)17(20)15-8-7-13-5-3-4-6-14(13)10-15/h7-10H,3-6,11H2,1-2H3. The molecular formula is C17H20N2O2. The average molecular weight is 284 g/mol. The summed E-state index contributed by atoms with van der Waals surface area (Å²) in [4.78, 5) is 14.2. The van der Waals surface area contributed by atoms with E-state index in [1.807, 2.05) is 19.1 Å². The third-order valence-corrected chi connectivity index (χ3v) is 4.02. The fourth-order valence-corrected chi connectivity index (χ4v) is 2.89. The van der Waals surface area contributed by atoms with Crippen molar-refractivity contribution in [3.05, 3.63) is 52.4 Å². The van der Waals surface area contributed by atoms with Gasteiger partial charge in [-0.3, -0.25) is 4.79 Å². The highest BCUT2D eigenvalue weighted by Gasteiger charge is 2.16. The topological polar surface area (TPSA) is 46.3 Å². The molecule has 1 amide bonds. The average Bonchev–Trinajstić information content (AvgIpc) is 2.91. The number of carbonyl (C=O) groups is 1. The quantitative estimate of drug-likeness (QED) is 0.870. The summed E-state index contributed by atoms with van der Waals surface area (Å²) >= 11 is 0. The fraction of sp³-hybridized carbons (Fsp3) is 0.412. The number of hydrogen-bond donors (Lipinski definition) is 0. The van der Waals surface area contributed by atoms with Gasteiger partial charge in [-0.1, -0.05) is 11.2 Å². The Morgan fingerprint density at radius 2 is 2.00 bits per heavy atom. The van der Waals surface area contributed by atoms with Crippen LogP contribution in [0.4, 0.5) is 0 Å². The first-order chi connectivity index (χ1) is 10.1. The van der Waals surface area contributed by atoms with Crippen LogP contribution in [0.5, 0.6) is 0 Å². The van der Waals surface area contributed by atoms with Crippen LogP contribution in [0.25, 0.3) is 0 Å². The molecule has 4 nitrogen and oxygen atoms in total. The molecule has 0 saturated heterocycles. The molecule has 3 rings (SSSR count). The minimum Gasteiger partial charge on any atom is -0.361 e. The molecule has 1 aliphatic carbocycles. The first-order valence-electron chi connectivity index (χ1n) is 7.43. The number of aryl methyl sites for hydroxylation is 3. The molecule has 0 aliphatic heterocycles. The van der Waals surface area contributed by atoms with Gasteiger partial charge in [-0.15, -0.1) is 0 Å². The number of rotatable bonds is 3. The summed E-state index contributed by atoms with van der Waals surface area (Å²) < 4.78 is 5.04. The zero-order valence-electron chi connectivity index (χ0n) is 12.6. The summed E-state index contributed by atoms with van der Waals surface area (Å²) in [7, 11) is 1.80. The molecule has 1 aromatic carbocycles. The van der Waals surface area contributed by atoms with Gasteiger partial charge in [0.1, 0.15) is 11.5 Å². The maximum atomic E-state index is 12.5. The molecule has 0 N–H and O–H groups in total. The van der Waals surface area contributed by atoms with E-state index in [9.17, 15) is 4.79 Å². The Labute approximate surface area is 124 Å². The van der Waals surface area contributed by atoms with E-state index in [0.29, 0.717) is 6.54 Å². The maximum absolute atomic E-state index is 12.5. The van der Waals surface area contributed by atoms with Gasteiger partial charge in [-0.2, -0.15) is 0 Å². The summed E-state index contributed by atoms with van der Waals surface area (Å²) in [5.74, 6) is 0.795. The molecule has 0 spiro atoms. The van der Waals surface area contributed by atoms with E-state index in [1.165, 1.54) is 24.0 Å². The predicted octanol–water partition coefficient (Wildman–Crippen LogP) is 3.13. The minimum atomic E-state index is 0.0315. The molecule has 1 aliphatic rings. The Hall–Kier alpha value is -2.10. The number of hydrogen-bond acceptors (Lipinski definition) is 3. The molecular weight excluding hydrogens is 264 g/mol. The van der Waals surface area contributed by atoms with Crippen LogP contribution in [0.3, 0.4) is 0 Å². The predicted molar refractivity (Wildman–Crippen MR) is 80.1 cm³/mol. The van der Waals surface area contributed by atoms with Gasteiger partial charge in [-0.25, -0.2) is 0 Å². The highest BCUT2D eigenvalue weighted by molar-refractivity contribution is 5.94. The number of aromatic nitrogens is 1. The van der Waals surface area contributed by atoms with E-state index in [2.05, 4.69) is 17.3 Å². The van der Waals surface area contributed by atoms with Gasteiger partial charge in [0, 0.05) is 18.7 Å². The molecule has 110 valence electrons. The first-order valence-corrected chi connectivity index (χ1v) is 7.43. The SMILES string of the molecule is Cc1cc(CN(C)C(=O)c2ccc3c(c2)CCCC3)no1. The van der Waals surface area contributed by atoms with Crippen LogP contribution in [-0.2, 0) is 19.4 Å². The van der Waals surface area contributed by atoms with E-state index in [-0.39, 0.29) is 5.91 Å². The van der Waals surface area contributed by atoms with E-state index >= 15 is 0 Å². The lowest BCUT2D eigenvalue weighted by Crippen LogP contribution is -2.26. The van der Waals surface area contributed by atoms with Crippen molar-refractivity contribution in [3.63, 3.8) is 0 Å². The second kappa shape index (κ2) is 5.72. The summed E-state index contributed by atoms with van der Waals surface area (Å²) in [5, 5.41) is 3.93. The zero-order valence-corrected chi connectivity index (χ0v) is 12.6. The van der Waals surface area contributed by atoms with Crippen molar-refractivity contribution in [2.24, 2.45) is 0 Å². The Bertz CT molecular complexity index is 661. The number of nitrogens with zero attached hydrogens (tertiary/aromatic N) is 2. The Morgan fingerprint density at radius 3 is 2.71 bits per heavy atom. The second-order valence-corrected chi connectivity index (χ2v) is 5.78. The van der Waals surface area contributed by atoms with Gasteiger partial charge in [-0.05, 0) is 55.9 Å². The zero-order chi connectivity index (χ0) is 14.8. The van der Waals surface area contributed by atoms with Crippen molar-refractivity contribution in [1.29, 1.82) is 0 Å². The lowest BCUT2D eigenvalue weighted by atomic mass is 9.90. The summed E-state index contributed by atoms with van der Waals surface area (Å²) in [6, 6.07) is 7.96. The fourth-order valence-electron chi connectivity index (χ4n) is 2.89. The van der Waals surface area contributed by atoms with Crippen LogP contribution in [0.2, 0.25) is 0 Å². The Balaban J connectivity index is 1.75. The van der Waals surface area contributed by atoms with E-state index in [4.69, 9.17) is 4.52 Å². The number of fused-ring (bicyclic) bond motifs is 1. The molecule has 4 heteroatoms. The number of amides is 1. The molecule has 0 bridgehead atoms. The number of carbonyl (C=O) groups excluding carboxylic acids is 1. The number of benzene rings is 1. The van der Waals surface area contributed by atoms with Gasteiger partial charge in [0.05, 0.1) is 6.54 Å². The lowest BCUT2D eigenvalue weighted by Gasteiger charge is -2.19. The molecule has 1 heterocycles. The molecule has 2 aromatic rings. The van der Waals surface area contributed by atoms with Crippen molar-refractivity contribution < 1.29 is 9.32 Å². The van der Waals surface area contributed by atoms with Crippen molar-refractivity contribution in [2.75, 3.05) is 7.05 Å². The third-order valence-electron chi connectivity index (χ3n) is 4.02. The van der Waals surface area contributed by atoms with Crippen LogP contribution in [-0.4, -0.2) is 23.0 Å². The van der Waals surface area contributed by atoms with Gasteiger partial charge in [0.2, 0.25) is 0 Å². The van der Waals surface area contributed by atoms with E-state index < -0.39 is 0 Å². The Morgan fingerprint density at radius 1 is 1.24 bits per heavy atom. The van der Waals surface area contributed by atoms with E-state index in [0.717, 1.165) is 29.9 Å². The van der Waals surface area contributed by atoms with E-state index in [1.54, 1.807) is 11.9 Å². The van der Waals surface area contributed by atoms with Gasteiger partial charge >= 0.3 is 0 Å². The summed E-state index contributed by atoms with van der Waals surface area (Å²) in [6.07, 6.45) is 4.70. The monoisotopic (exact) mass is 284 g/mol. The molecule has 0 unspecified atom stereocenters. The van der Waals surface area contributed by atoms with Crippen LogP contribution in [0.1, 0.15) is 45.8 Å². The van der Waals surface area contributed by atoms with Gasteiger partial charge in [0.25, 0.3) is 5.91 Å². The normalized spacial score (nSPS) is 13.8. The molecule has 21 heavy (non-hydrogen) atoms. The first kappa shape index (κ1) is 13.9. The minimum absolute atomic E-state index is 0.0315. The maximum Gasteiger partial charge on any atom is 0.253 e. The van der Waals surface area contributed by atoms with Crippen molar-refractivity contribution >= 4 is 5.91 Å². The van der Waals surface area contributed by atoms with Crippen LogP contribution < -0.4 is 0 Å².